The largest absolute Gasteiger partial charge is 0.416 e. The van der Waals surface area contributed by atoms with Crippen LogP contribution in [0.3, 0.4) is 0 Å². The van der Waals surface area contributed by atoms with Gasteiger partial charge in [0.15, 0.2) is 0 Å². The fraction of sp³-hybridized carbons (Fsp3) is 0.133. The minimum atomic E-state index is -4.51. The molecule has 0 radical (unpaired) electrons. The Kier molecular flexibility index (Phi) is 4.53. The molecule has 0 spiro atoms. The van der Waals surface area contributed by atoms with Crippen molar-refractivity contribution in [2.75, 3.05) is 0 Å². The Labute approximate surface area is 124 Å². The molecule has 0 aliphatic heterocycles. The zero-order valence-electron chi connectivity index (χ0n) is 10.7. The van der Waals surface area contributed by atoms with E-state index in [1.54, 1.807) is 24.3 Å². The van der Waals surface area contributed by atoms with Crippen molar-refractivity contribution in [3.05, 3.63) is 70.2 Å². The molecule has 1 N–H and O–H groups in total. The lowest BCUT2D eigenvalue weighted by molar-refractivity contribution is -0.137. The van der Waals surface area contributed by atoms with E-state index < -0.39 is 17.6 Å². The van der Waals surface area contributed by atoms with E-state index in [4.69, 9.17) is 11.6 Å². The highest BCUT2D eigenvalue weighted by Gasteiger charge is 2.31. The van der Waals surface area contributed by atoms with Crippen molar-refractivity contribution in [3.8, 4) is 0 Å². The normalized spacial score (nSPS) is 11.2. The molecule has 2 rings (SSSR count). The number of carbonyl (C=O) groups is 1. The number of nitrogens with one attached hydrogen (secondary N) is 1. The van der Waals surface area contributed by atoms with Crippen LogP contribution in [-0.4, -0.2) is 5.91 Å². The van der Waals surface area contributed by atoms with Gasteiger partial charge >= 0.3 is 6.18 Å². The maximum Gasteiger partial charge on any atom is 0.416 e. The molecule has 0 atom stereocenters. The minimum absolute atomic E-state index is 0.0199. The second-order valence-electron chi connectivity index (χ2n) is 4.36. The highest BCUT2D eigenvalue weighted by molar-refractivity contribution is 6.33. The quantitative estimate of drug-likeness (QED) is 0.900. The monoisotopic (exact) mass is 313 g/mol. The zero-order chi connectivity index (χ0) is 15.5. The lowest BCUT2D eigenvalue weighted by Gasteiger charge is -2.11. The maximum atomic E-state index is 12.6. The van der Waals surface area contributed by atoms with Crippen LogP contribution in [0.25, 0.3) is 0 Å². The SMILES string of the molecule is O=C(NCc1ccccc1)c1cc(C(F)(F)F)ccc1Cl. The van der Waals surface area contributed by atoms with Gasteiger partial charge in [-0.05, 0) is 23.8 Å². The molecule has 110 valence electrons. The smallest absolute Gasteiger partial charge is 0.348 e. The van der Waals surface area contributed by atoms with E-state index in [2.05, 4.69) is 5.32 Å². The van der Waals surface area contributed by atoms with Gasteiger partial charge in [-0.1, -0.05) is 41.9 Å². The van der Waals surface area contributed by atoms with Crippen LogP contribution in [0, 0.1) is 0 Å². The molecule has 0 aromatic heterocycles. The third-order valence-electron chi connectivity index (χ3n) is 2.83. The van der Waals surface area contributed by atoms with Crippen LogP contribution >= 0.6 is 11.6 Å². The van der Waals surface area contributed by atoms with Gasteiger partial charge in [-0.25, -0.2) is 0 Å². The van der Waals surface area contributed by atoms with Crippen molar-refractivity contribution in [3.63, 3.8) is 0 Å². The molecule has 21 heavy (non-hydrogen) atoms. The Morgan fingerprint density at radius 1 is 1.10 bits per heavy atom. The molecular formula is C15H11ClF3NO. The standard InChI is InChI=1S/C15H11ClF3NO/c16-13-7-6-11(15(17,18)19)8-12(13)14(21)20-9-10-4-2-1-3-5-10/h1-8H,9H2,(H,20,21). The second-order valence-corrected chi connectivity index (χ2v) is 4.77. The van der Waals surface area contributed by atoms with Gasteiger partial charge in [0.05, 0.1) is 16.1 Å². The number of hydrogen-bond donors (Lipinski definition) is 1. The summed E-state index contributed by atoms with van der Waals surface area (Å²) in [5, 5.41) is 2.52. The first-order valence-electron chi connectivity index (χ1n) is 6.07. The Balaban J connectivity index is 2.15. The Hall–Kier alpha value is -2.01. The third-order valence-corrected chi connectivity index (χ3v) is 3.16. The molecule has 2 aromatic rings. The van der Waals surface area contributed by atoms with Crippen LogP contribution in [0.4, 0.5) is 13.2 Å². The molecule has 0 heterocycles. The van der Waals surface area contributed by atoms with Crippen LogP contribution in [0.1, 0.15) is 21.5 Å². The lowest BCUT2D eigenvalue weighted by Crippen LogP contribution is -2.23. The molecule has 0 saturated heterocycles. The van der Waals surface area contributed by atoms with Gasteiger partial charge in [-0.15, -0.1) is 0 Å². The first-order chi connectivity index (χ1) is 9.88. The van der Waals surface area contributed by atoms with E-state index in [-0.39, 0.29) is 17.1 Å². The van der Waals surface area contributed by atoms with Crippen molar-refractivity contribution in [2.45, 2.75) is 12.7 Å². The summed E-state index contributed by atoms with van der Waals surface area (Å²) in [5.41, 5.74) is -0.256. The van der Waals surface area contributed by atoms with Gasteiger partial charge in [-0.2, -0.15) is 13.2 Å². The fourth-order valence-corrected chi connectivity index (χ4v) is 1.95. The molecule has 2 aromatic carbocycles. The van der Waals surface area contributed by atoms with Crippen LogP contribution in [0.15, 0.2) is 48.5 Å². The van der Waals surface area contributed by atoms with E-state index in [9.17, 15) is 18.0 Å². The summed E-state index contributed by atoms with van der Waals surface area (Å²) >= 11 is 5.79. The number of halogens is 4. The first kappa shape index (κ1) is 15.4. The van der Waals surface area contributed by atoms with Gasteiger partial charge in [0.1, 0.15) is 0 Å². The van der Waals surface area contributed by atoms with Gasteiger partial charge in [0.2, 0.25) is 0 Å². The van der Waals surface area contributed by atoms with Crippen molar-refractivity contribution in [1.82, 2.24) is 5.32 Å². The van der Waals surface area contributed by atoms with E-state index in [0.29, 0.717) is 0 Å². The number of carbonyl (C=O) groups excluding carboxylic acids is 1. The summed E-state index contributed by atoms with van der Waals surface area (Å²) < 4.78 is 37.9. The Bertz CT molecular complexity index is 641. The molecule has 0 unspecified atom stereocenters. The van der Waals surface area contributed by atoms with E-state index >= 15 is 0 Å². The van der Waals surface area contributed by atoms with Gasteiger partial charge in [0, 0.05) is 6.54 Å². The molecule has 0 saturated carbocycles. The highest BCUT2D eigenvalue weighted by Crippen LogP contribution is 2.31. The first-order valence-corrected chi connectivity index (χ1v) is 6.44. The minimum Gasteiger partial charge on any atom is -0.348 e. The van der Waals surface area contributed by atoms with Gasteiger partial charge in [-0.3, -0.25) is 4.79 Å². The van der Waals surface area contributed by atoms with Crippen LogP contribution in [0.2, 0.25) is 5.02 Å². The van der Waals surface area contributed by atoms with E-state index in [0.717, 1.165) is 23.8 Å². The summed E-state index contributed by atoms with van der Waals surface area (Å²) in [6, 6.07) is 11.7. The van der Waals surface area contributed by atoms with Crippen LogP contribution in [-0.2, 0) is 12.7 Å². The maximum absolute atomic E-state index is 12.6. The van der Waals surface area contributed by atoms with Crippen molar-refractivity contribution >= 4 is 17.5 Å². The predicted molar refractivity (Wildman–Crippen MR) is 74.1 cm³/mol. The lowest BCUT2D eigenvalue weighted by atomic mass is 10.1. The zero-order valence-corrected chi connectivity index (χ0v) is 11.5. The summed E-state index contributed by atoms with van der Waals surface area (Å²) in [4.78, 5) is 12.0. The average molecular weight is 314 g/mol. The number of hydrogen-bond acceptors (Lipinski definition) is 1. The van der Waals surface area contributed by atoms with Crippen molar-refractivity contribution in [2.24, 2.45) is 0 Å². The number of alkyl halides is 3. The van der Waals surface area contributed by atoms with Crippen molar-refractivity contribution in [1.29, 1.82) is 0 Å². The Morgan fingerprint density at radius 3 is 2.38 bits per heavy atom. The molecule has 0 aliphatic carbocycles. The molecule has 6 heteroatoms. The summed E-state index contributed by atoms with van der Waals surface area (Å²) in [6.45, 7) is 0.215. The van der Waals surface area contributed by atoms with E-state index in [1.165, 1.54) is 0 Å². The number of rotatable bonds is 3. The summed E-state index contributed by atoms with van der Waals surface area (Å²) in [7, 11) is 0. The third kappa shape index (κ3) is 3.98. The predicted octanol–water partition coefficient (Wildman–Crippen LogP) is 4.29. The topological polar surface area (TPSA) is 29.1 Å². The summed E-state index contributed by atoms with van der Waals surface area (Å²) in [6.07, 6.45) is -4.51. The van der Waals surface area contributed by atoms with Gasteiger partial charge in [0.25, 0.3) is 5.91 Å². The van der Waals surface area contributed by atoms with Gasteiger partial charge < -0.3 is 5.32 Å². The molecule has 0 bridgehead atoms. The van der Waals surface area contributed by atoms with Crippen molar-refractivity contribution < 1.29 is 18.0 Å². The van der Waals surface area contributed by atoms with E-state index in [1.807, 2.05) is 6.07 Å². The molecular weight excluding hydrogens is 303 g/mol. The molecule has 1 amide bonds. The van der Waals surface area contributed by atoms with Crippen LogP contribution < -0.4 is 5.32 Å². The highest BCUT2D eigenvalue weighted by atomic mass is 35.5. The molecule has 0 fully saturated rings. The summed E-state index contributed by atoms with van der Waals surface area (Å²) in [5.74, 6) is -0.644. The number of amides is 1. The average Bonchev–Trinajstić information content (AvgIpc) is 2.45. The van der Waals surface area contributed by atoms with Crippen LogP contribution in [0.5, 0.6) is 0 Å². The fourth-order valence-electron chi connectivity index (χ4n) is 1.75. The molecule has 0 aliphatic rings. The Morgan fingerprint density at radius 2 is 1.76 bits per heavy atom. The molecule has 2 nitrogen and oxygen atoms in total. The second kappa shape index (κ2) is 6.18. The number of benzene rings is 2.